The Hall–Kier alpha value is -3.54. The van der Waals surface area contributed by atoms with Crippen molar-refractivity contribution in [3.8, 4) is 0 Å². The Morgan fingerprint density at radius 3 is 2.50 bits per heavy atom. The minimum Gasteiger partial charge on any atom is -0.348 e. The molecule has 28 heavy (non-hydrogen) atoms. The Labute approximate surface area is 162 Å². The van der Waals surface area contributed by atoms with Crippen molar-refractivity contribution >= 4 is 17.5 Å². The molecule has 0 bridgehead atoms. The average molecular weight is 377 g/mol. The Morgan fingerprint density at radius 1 is 0.964 bits per heavy atom. The van der Waals surface area contributed by atoms with E-state index in [1.165, 1.54) is 18.3 Å². The fourth-order valence-electron chi connectivity index (χ4n) is 2.66. The van der Waals surface area contributed by atoms with Crippen molar-refractivity contribution in [1.29, 1.82) is 0 Å². The molecule has 2 amide bonds. The lowest BCUT2D eigenvalue weighted by atomic mass is 10.1. The van der Waals surface area contributed by atoms with Crippen molar-refractivity contribution in [1.82, 2.24) is 10.3 Å². The second-order valence-electron chi connectivity index (χ2n) is 6.30. The van der Waals surface area contributed by atoms with Gasteiger partial charge in [0.05, 0.1) is 5.56 Å². The highest BCUT2D eigenvalue weighted by Gasteiger charge is 2.06. The Kier molecular flexibility index (Phi) is 6.46. The number of halogens is 1. The van der Waals surface area contributed by atoms with Crippen molar-refractivity contribution in [2.75, 3.05) is 5.32 Å². The Bertz CT molecular complexity index is 944. The first kappa shape index (κ1) is 19.2. The molecule has 142 valence electrons. The van der Waals surface area contributed by atoms with E-state index in [-0.39, 0.29) is 24.1 Å². The molecule has 6 heteroatoms. The number of benzene rings is 2. The summed E-state index contributed by atoms with van der Waals surface area (Å²) < 4.78 is 13.2. The minimum atomic E-state index is -0.302. The maximum Gasteiger partial charge on any atom is 0.253 e. The molecule has 0 aliphatic carbocycles. The van der Waals surface area contributed by atoms with Crippen molar-refractivity contribution in [3.63, 3.8) is 0 Å². The number of amides is 2. The summed E-state index contributed by atoms with van der Waals surface area (Å²) in [5.41, 5.74) is 2.88. The second-order valence-corrected chi connectivity index (χ2v) is 6.30. The number of aromatic nitrogens is 1. The van der Waals surface area contributed by atoms with Crippen LogP contribution in [0.25, 0.3) is 0 Å². The van der Waals surface area contributed by atoms with Crippen LogP contribution in [0.1, 0.15) is 27.9 Å². The second kappa shape index (κ2) is 9.41. The summed E-state index contributed by atoms with van der Waals surface area (Å²) >= 11 is 0. The molecular formula is C22H20FN3O2. The van der Waals surface area contributed by atoms with Gasteiger partial charge in [-0.3, -0.25) is 14.6 Å². The maximum absolute atomic E-state index is 13.2. The summed E-state index contributed by atoms with van der Waals surface area (Å²) in [5.74, 6) is -0.631. The molecule has 0 fully saturated rings. The molecule has 0 spiro atoms. The first-order chi connectivity index (χ1) is 13.6. The molecule has 5 nitrogen and oxygen atoms in total. The van der Waals surface area contributed by atoms with Crippen molar-refractivity contribution in [2.24, 2.45) is 0 Å². The number of carbonyl (C=O) groups is 2. The third kappa shape index (κ3) is 5.74. The molecule has 0 aliphatic heterocycles. The Morgan fingerprint density at radius 2 is 1.79 bits per heavy atom. The van der Waals surface area contributed by atoms with Gasteiger partial charge in [0.1, 0.15) is 5.82 Å². The number of anilines is 1. The SMILES string of the molecule is O=C(CCc1cccc(F)c1)Nc1ccc(CNC(=O)c2cccnc2)cc1. The highest BCUT2D eigenvalue weighted by atomic mass is 19.1. The third-order valence-electron chi connectivity index (χ3n) is 4.14. The molecule has 2 aromatic carbocycles. The fraction of sp³-hybridized carbons (Fsp3) is 0.136. The predicted octanol–water partition coefficient (Wildman–Crippen LogP) is 3.72. The van der Waals surface area contributed by atoms with Gasteiger partial charge in [-0.25, -0.2) is 4.39 Å². The van der Waals surface area contributed by atoms with Gasteiger partial charge < -0.3 is 10.6 Å². The molecule has 0 atom stereocenters. The van der Waals surface area contributed by atoms with Crippen LogP contribution in [0.5, 0.6) is 0 Å². The molecule has 2 N–H and O–H groups in total. The molecule has 3 aromatic rings. The average Bonchev–Trinajstić information content (AvgIpc) is 2.72. The predicted molar refractivity (Wildman–Crippen MR) is 105 cm³/mol. The van der Waals surface area contributed by atoms with Gasteiger partial charge >= 0.3 is 0 Å². The number of pyridine rings is 1. The monoisotopic (exact) mass is 377 g/mol. The Balaban J connectivity index is 1.46. The normalized spacial score (nSPS) is 10.3. The molecule has 0 saturated heterocycles. The van der Waals surface area contributed by atoms with Gasteiger partial charge in [0.2, 0.25) is 5.91 Å². The quantitative estimate of drug-likeness (QED) is 0.659. The smallest absolute Gasteiger partial charge is 0.253 e. The van der Waals surface area contributed by atoms with Crippen molar-refractivity contribution < 1.29 is 14.0 Å². The van der Waals surface area contributed by atoms with Crippen LogP contribution in [0.15, 0.2) is 73.1 Å². The van der Waals surface area contributed by atoms with Crippen LogP contribution in [-0.2, 0) is 17.8 Å². The zero-order valence-electron chi connectivity index (χ0n) is 15.2. The van der Waals surface area contributed by atoms with Crippen LogP contribution in [0.3, 0.4) is 0 Å². The molecule has 0 radical (unpaired) electrons. The summed E-state index contributed by atoms with van der Waals surface area (Å²) in [6.45, 7) is 0.377. The van der Waals surface area contributed by atoms with Crippen molar-refractivity contribution in [3.05, 3.63) is 95.6 Å². The van der Waals surface area contributed by atoms with Crippen LogP contribution < -0.4 is 10.6 Å². The van der Waals surface area contributed by atoms with E-state index < -0.39 is 0 Å². The minimum absolute atomic E-state index is 0.137. The van der Waals surface area contributed by atoms with Gasteiger partial charge in [-0.15, -0.1) is 0 Å². The number of hydrogen-bond acceptors (Lipinski definition) is 3. The summed E-state index contributed by atoms with van der Waals surface area (Å²) in [7, 11) is 0. The topological polar surface area (TPSA) is 71.1 Å². The number of carbonyl (C=O) groups excluding carboxylic acids is 2. The number of nitrogens with zero attached hydrogens (tertiary/aromatic N) is 1. The number of hydrogen-bond donors (Lipinski definition) is 2. The fourth-order valence-corrected chi connectivity index (χ4v) is 2.66. The van der Waals surface area contributed by atoms with E-state index in [4.69, 9.17) is 0 Å². The molecule has 0 saturated carbocycles. The first-order valence-corrected chi connectivity index (χ1v) is 8.91. The summed E-state index contributed by atoms with van der Waals surface area (Å²) in [4.78, 5) is 28.0. The molecule has 1 aromatic heterocycles. The van der Waals surface area contributed by atoms with Gasteiger partial charge in [0.25, 0.3) is 5.91 Å². The zero-order chi connectivity index (χ0) is 19.8. The summed E-state index contributed by atoms with van der Waals surface area (Å²) in [6.07, 6.45) is 3.87. The lowest BCUT2D eigenvalue weighted by Crippen LogP contribution is -2.22. The molecule has 0 unspecified atom stereocenters. The van der Waals surface area contributed by atoms with Crippen LogP contribution in [0.4, 0.5) is 10.1 Å². The lowest BCUT2D eigenvalue weighted by molar-refractivity contribution is -0.116. The molecular weight excluding hydrogens is 357 g/mol. The highest BCUT2D eigenvalue weighted by molar-refractivity contribution is 5.93. The van der Waals surface area contributed by atoms with Gasteiger partial charge in [-0.05, 0) is 53.9 Å². The third-order valence-corrected chi connectivity index (χ3v) is 4.14. The van der Waals surface area contributed by atoms with Gasteiger partial charge in [-0.1, -0.05) is 24.3 Å². The van der Waals surface area contributed by atoms with Gasteiger partial charge in [0, 0.05) is 31.0 Å². The van der Waals surface area contributed by atoms with Crippen LogP contribution in [0.2, 0.25) is 0 Å². The van der Waals surface area contributed by atoms with E-state index in [0.29, 0.717) is 24.2 Å². The lowest BCUT2D eigenvalue weighted by Gasteiger charge is -2.08. The van der Waals surface area contributed by atoms with Crippen LogP contribution in [-0.4, -0.2) is 16.8 Å². The maximum atomic E-state index is 13.2. The van der Waals surface area contributed by atoms with E-state index >= 15 is 0 Å². The van der Waals surface area contributed by atoms with E-state index in [1.54, 1.807) is 42.6 Å². The van der Waals surface area contributed by atoms with E-state index in [9.17, 15) is 14.0 Å². The van der Waals surface area contributed by atoms with Crippen LogP contribution >= 0.6 is 0 Å². The van der Waals surface area contributed by atoms with Gasteiger partial charge in [0.15, 0.2) is 0 Å². The zero-order valence-corrected chi connectivity index (χ0v) is 15.2. The molecule has 0 aliphatic rings. The van der Waals surface area contributed by atoms with E-state index in [0.717, 1.165) is 11.1 Å². The molecule has 1 heterocycles. The highest BCUT2D eigenvalue weighted by Crippen LogP contribution is 2.12. The van der Waals surface area contributed by atoms with Crippen LogP contribution in [0, 0.1) is 5.82 Å². The van der Waals surface area contributed by atoms with Crippen molar-refractivity contribution in [2.45, 2.75) is 19.4 Å². The van der Waals surface area contributed by atoms with E-state index in [1.807, 2.05) is 12.1 Å². The van der Waals surface area contributed by atoms with Gasteiger partial charge in [-0.2, -0.15) is 0 Å². The number of rotatable bonds is 7. The summed E-state index contributed by atoms with van der Waals surface area (Å²) in [5, 5.41) is 5.64. The number of aryl methyl sites for hydroxylation is 1. The van der Waals surface area contributed by atoms with E-state index in [2.05, 4.69) is 15.6 Å². The molecule has 3 rings (SSSR count). The summed E-state index contributed by atoms with van der Waals surface area (Å²) in [6, 6.07) is 16.9. The standard InChI is InChI=1S/C22H20FN3O2/c23-19-5-1-3-16(13-19)8-11-21(27)26-20-9-6-17(7-10-20)14-25-22(28)18-4-2-12-24-15-18/h1-7,9-10,12-13,15H,8,11,14H2,(H,25,28)(H,26,27). The number of nitrogens with one attached hydrogen (secondary N) is 2. The first-order valence-electron chi connectivity index (χ1n) is 8.91. The largest absolute Gasteiger partial charge is 0.348 e.